The first-order valence-electron chi connectivity index (χ1n) is 11.6. The molecule has 9 heteroatoms. The highest BCUT2D eigenvalue weighted by molar-refractivity contribution is 7.22. The Morgan fingerprint density at radius 3 is 2.68 bits per heavy atom. The van der Waals surface area contributed by atoms with Gasteiger partial charge in [-0.05, 0) is 50.1 Å². The average molecular weight is 502 g/mol. The van der Waals surface area contributed by atoms with Crippen molar-refractivity contribution in [2.75, 3.05) is 44.3 Å². The van der Waals surface area contributed by atoms with Gasteiger partial charge in [0.05, 0.1) is 23.4 Å². The summed E-state index contributed by atoms with van der Waals surface area (Å²) in [4.78, 5) is 22.8. The molecule has 1 saturated heterocycles. The number of fused-ring (bicyclic) bond motifs is 2. The first kappa shape index (κ1) is 23.4. The third kappa shape index (κ3) is 4.73. The summed E-state index contributed by atoms with van der Waals surface area (Å²) < 4.78 is 18.6. The number of benzene rings is 2. The monoisotopic (exact) mass is 501 g/mol. The van der Waals surface area contributed by atoms with Gasteiger partial charge in [0.25, 0.3) is 5.91 Å². The van der Waals surface area contributed by atoms with Crippen molar-refractivity contribution in [3.8, 4) is 11.5 Å². The second kappa shape index (κ2) is 10.1. The lowest BCUT2D eigenvalue weighted by Crippen LogP contribution is -2.51. The van der Waals surface area contributed by atoms with Gasteiger partial charge in [0.15, 0.2) is 16.6 Å². The number of ether oxygens (including phenoxy) is 3. The Hall–Kier alpha value is -2.39. The molecule has 2 aromatic carbocycles. The number of carbonyl (C=O) groups excluding carboxylic acids is 1. The van der Waals surface area contributed by atoms with E-state index in [2.05, 4.69) is 4.90 Å². The van der Waals surface area contributed by atoms with Crippen LogP contribution < -0.4 is 14.4 Å². The molecule has 0 aliphatic carbocycles. The molecule has 0 spiro atoms. The summed E-state index contributed by atoms with van der Waals surface area (Å²) >= 11 is 7.83. The zero-order valence-electron chi connectivity index (χ0n) is 19.3. The fraction of sp³-hybridized carbons (Fsp3) is 0.440. The Kier molecular flexibility index (Phi) is 6.92. The fourth-order valence-electron chi connectivity index (χ4n) is 4.33. The van der Waals surface area contributed by atoms with Gasteiger partial charge in [-0.1, -0.05) is 35.1 Å². The summed E-state index contributed by atoms with van der Waals surface area (Å²) in [6.45, 7) is 8.60. The lowest BCUT2D eigenvalue weighted by atomic mass is 10.1. The van der Waals surface area contributed by atoms with Crippen LogP contribution in [0.25, 0.3) is 10.2 Å². The summed E-state index contributed by atoms with van der Waals surface area (Å²) in [5.41, 5.74) is 1.75. The van der Waals surface area contributed by atoms with Gasteiger partial charge < -0.3 is 14.2 Å². The lowest BCUT2D eigenvalue weighted by Gasteiger charge is -2.34. The van der Waals surface area contributed by atoms with Crippen LogP contribution in [-0.4, -0.2) is 67.4 Å². The third-order valence-corrected chi connectivity index (χ3v) is 7.73. The van der Waals surface area contributed by atoms with Crippen molar-refractivity contribution in [1.29, 1.82) is 0 Å². The van der Waals surface area contributed by atoms with Gasteiger partial charge in [-0.15, -0.1) is 0 Å². The molecule has 2 unspecified atom stereocenters. The van der Waals surface area contributed by atoms with Gasteiger partial charge in [0.2, 0.25) is 6.10 Å². The Bertz CT molecular complexity index is 1180. The van der Waals surface area contributed by atoms with Crippen molar-refractivity contribution in [3.63, 3.8) is 0 Å². The van der Waals surface area contributed by atoms with Crippen molar-refractivity contribution in [3.05, 3.63) is 47.0 Å². The average Bonchev–Trinajstić information content (AvgIpc) is 3.29. The molecular weight excluding hydrogens is 474 g/mol. The van der Waals surface area contributed by atoms with Crippen molar-refractivity contribution >= 4 is 44.2 Å². The standard InChI is InChI=1S/C25H28ClN3O4S/c1-16-18(26)8-9-21-22(16)27-25(34-21)29(11-5-10-28-12-14-31-15-13-28)24(30)23-17(2)32-19-6-3-4-7-20(19)33-23/h3-4,6-9,17,23H,5,10-15H2,1-2H3. The van der Waals surface area contributed by atoms with Crippen LogP contribution in [0.3, 0.4) is 0 Å². The Morgan fingerprint density at radius 2 is 1.91 bits per heavy atom. The molecule has 3 heterocycles. The van der Waals surface area contributed by atoms with Gasteiger partial charge in [-0.2, -0.15) is 0 Å². The number of hydrogen-bond acceptors (Lipinski definition) is 7. The number of rotatable bonds is 6. The number of aromatic nitrogens is 1. The van der Waals surface area contributed by atoms with E-state index in [1.165, 1.54) is 11.3 Å². The second-order valence-corrected chi connectivity index (χ2v) is 10.0. The zero-order valence-corrected chi connectivity index (χ0v) is 20.9. The van der Waals surface area contributed by atoms with Gasteiger partial charge >= 0.3 is 0 Å². The molecule has 2 atom stereocenters. The molecule has 0 N–H and O–H groups in total. The number of hydrogen-bond donors (Lipinski definition) is 0. The highest BCUT2D eigenvalue weighted by Crippen LogP contribution is 2.37. The van der Waals surface area contributed by atoms with Gasteiger partial charge in [0.1, 0.15) is 6.10 Å². The molecule has 34 heavy (non-hydrogen) atoms. The van der Waals surface area contributed by atoms with Crippen LogP contribution in [0.2, 0.25) is 5.02 Å². The SMILES string of the molecule is Cc1c(Cl)ccc2sc(N(CCCN3CCOCC3)C(=O)C3Oc4ccccc4OC3C)nc12. The smallest absolute Gasteiger partial charge is 0.273 e. The summed E-state index contributed by atoms with van der Waals surface area (Å²) in [7, 11) is 0. The first-order chi connectivity index (χ1) is 16.5. The van der Waals surface area contributed by atoms with Gasteiger partial charge in [-0.25, -0.2) is 4.98 Å². The van der Waals surface area contributed by atoms with E-state index in [1.54, 1.807) is 4.90 Å². The lowest BCUT2D eigenvalue weighted by molar-refractivity contribution is -0.130. The van der Waals surface area contributed by atoms with E-state index >= 15 is 0 Å². The molecule has 2 aliphatic rings. The molecule has 1 fully saturated rings. The van der Waals surface area contributed by atoms with Crippen molar-refractivity contribution in [2.45, 2.75) is 32.5 Å². The largest absolute Gasteiger partial charge is 0.482 e. The van der Waals surface area contributed by atoms with Crippen molar-refractivity contribution in [1.82, 2.24) is 9.88 Å². The van der Waals surface area contributed by atoms with Crippen LogP contribution in [0.1, 0.15) is 18.9 Å². The normalized spacial score (nSPS) is 20.4. The van der Waals surface area contributed by atoms with E-state index in [-0.39, 0.29) is 5.91 Å². The molecule has 7 nitrogen and oxygen atoms in total. The molecular formula is C25H28ClN3O4S. The molecule has 5 rings (SSSR count). The topological polar surface area (TPSA) is 64.1 Å². The number of para-hydroxylation sites is 2. The Morgan fingerprint density at radius 1 is 1.18 bits per heavy atom. The maximum atomic E-state index is 13.9. The van der Waals surface area contributed by atoms with Crippen LogP contribution in [0, 0.1) is 6.92 Å². The maximum Gasteiger partial charge on any atom is 0.273 e. The summed E-state index contributed by atoms with van der Waals surface area (Å²) in [5.74, 6) is 1.09. The fourth-order valence-corrected chi connectivity index (χ4v) is 5.53. The quantitative estimate of drug-likeness (QED) is 0.494. The van der Waals surface area contributed by atoms with E-state index in [4.69, 9.17) is 30.8 Å². The number of morpholine rings is 1. The highest BCUT2D eigenvalue weighted by Gasteiger charge is 2.38. The molecule has 0 radical (unpaired) electrons. The number of anilines is 1. The molecule has 1 aromatic heterocycles. The minimum Gasteiger partial charge on any atom is -0.482 e. The second-order valence-electron chi connectivity index (χ2n) is 8.62. The maximum absolute atomic E-state index is 13.9. The summed E-state index contributed by atoms with van der Waals surface area (Å²) in [6.07, 6.45) is -0.357. The minimum atomic E-state index is -0.755. The van der Waals surface area contributed by atoms with Crippen molar-refractivity contribution in [2.24, 2.45) is 0 Å². The van der Waals surface area contributed by atoms with E-state index in [0.29, 0.717) is 28.2 Å². The predicted molar refractivity (Wildman–Crippen MR) is 135 cm³/mol. The van der Waals surface area contributed by atoms with Crippen LogP contribution in [0.15, 0.2) is 36.4 Å². The van der Waals surface area contributed by atoms with Crippen LogP contribution >= 0.6 is 22.9 Å². The highest BCUT2D eigenvalue weighted by atomic mass is 35.5. The number of nitrogens with zero attached hydrogens (tertiary/aromatic N) is 3. The van der Waals surface area contributed by atoms with Crippen LogP contribution in [-0.2, 0) is 9.53 Å². The van der Waals surface area contributed by atoms with Gasteiger partial charge in [-0.3, -0.25) is 14.6 Å². The molecule has 2 aliphatic heterocycles. The zero-order chi connectivity index (χ0) is 23.7. The summed E-state index contributed by atoms with van der Waals surface area (Å²) in [6, 6.07) is 11.3. The van der Waals surface area contributed by atoms with Crippen LogP contribution in [0.5, 0.6) is 11.5 Å². The minimum absolute atomic E-state index is 0.146. The number of halogens is 1. The number of aryl methyl sites for hydroxylation is 1. The number of amides is 1. The number of thiazole rings is 1. The molecule has 1 amide bonds. The molecule has 180 valence electrons. The Labute approximate surface area is 208 Å². The third-order valence-electron chi connectivity index (χ3n) is 6.28. The van der Waals surface area contributed by atoms with E-state index < -0.39 is 12.2 Å². The first-order valence-corrected chi connectivity index (χ1v) is 12.8. The van der Waals surface area contributed by atoms with Crippen LogP contribution in [0.4, 0.5) is 5.13 Å². The van der Waals surface area contributed by atoms with Crippen molar-refractivity contribution < 1.29 is 19.0 Å². The van der Waals surface area contributed by atoms with Gasteiger partial charge in [0, 0.05) is 31.2 Å². The molecule has 0 saturated carbocycles. The predicted octanol–water partition coefficient (Wildman–Crippen LogP) is 4.54. The van der Waals surface area contributed by atoms with E-state index in [0.717, 1.165) is 55.0 Å². The molecule has 0 bridgehead atoms. The summed E-state index contributed by atoms with van der Waals surface area (Å²) in [5, 5.41) is 1.32. The van der Waals surface area contributed by atoms with E-state index in [9.17, 15) is 4.79 Å². The van der Waals surface area contributed by atoms with E-state index in [1.807, 2.05) is 50.2 Å². The molecule has 3 aromatic rings. The number of carbonyl (C=O) groups is 1. The Balaban J connectivity index is 1.41.